The maximum absolute atomic E-state index is 3.74. The van der Waals surface area contributed by atoms with Crippen molar-refractivity contribution >= 4 is 0 Å². The van der Waals surface area contributed by atoms with Crippen LogP contribution in [-0.2, 0) is 0 Å². The first-order valence-electron chi connectivity index (χ1n) is 15.2. The molecule has 2 aromatic rings. The number of rotatable bonds is 23. The van der Waals surface area contributed by atoms with Gasteiger partial charge in [0.15, 0.2) is 0 Å². The van der Waals surface area contributed by atoms with Gasteiger partial charge in [0.2, 0.25) is 0 Å². The minimum Gasteiger partial charge on any atom is -0.316 e. The summed E-state index contributed by atoms with van der Waals surface area (Å²) in [6.45, 7) is 4.46. The van der Waals surface area contributed by atoms with E-state index in [1.165, 1.54) is 127 Å². The van der Waals surface area contributed by atoms with Gasteiger partial charge in [0.25, 0.3) is 0 Å². The summed E-state index contributed by atoms with van der Waals surface area (Å²) in [6, 6.07) is 21.9. The zero-order valence-electron chi connectivity index (χ0n) is 23.0. The Hall–Kier alpha value is -1.60. The van der Waals surface area contributed by atoms with Crippen LogP contribution >= 0.6 is 0 Å². The van der Waals surface area contributed by atoms with Crippen molar-refractivity contribution in [2.24, 2.45) is 0 Å². The average Bonchev–Trinajstić information content (AvgIpc) is 2.90. The van der Waals surface area contributed by atoms with Crippen molar-refractivity contribution in [2.75, 3.05) is 13.1 Å². The first kappa shape index (κ1) is 29.6. The maximum atomic E-state index is 3.74. The SMILES string of the molecule is CCCCCCCCCCCCCCCCCCCCNCC(c1ccccc1)c1ccccc1. The molecule has 0 amide bonds. The monoisotopic (exact) mass is 477 g/mol. The fourth-order valence-corrected chi connectivity index (χ4v) is 5.20. The molecule has 0 aliphatic rings. The lowest BCUT2D eigenvalue weighted by Gasteiger charge is -2.19. The van der Waals surface area contributed by atoms with Crippen molar-refractivity contribution in [1.82, 2.24) is 5.32 Å². The highest BCUT2D eigenvalue weighted by molar-refractivity contribution is 5.32. The van der Waals surface area contributed by atoms with E-state index in [0.717, 1.165) is 13.1 Å². The summed E-state index contributed by atoms with van der Waals surface area (Å²) in [6.07, 6.45) is 25.8. The molecule has 0 spiro atoms. The molecule has 0 saturated heterocycles. The Labute approximate surface area is 218 Å². The van der Waals surface area contributed by atoms with Crippen molar-refractivity contribution in [1.29, 1.82) is 0 Å². The standard InChI is InChI=1S/C34H55N/c1-2-3-4-5-6-7-8-9-10-11-12-13-14-15-16-17-18-25-30-35-31-34(32-26-21-19-22-27-32)33-28-23-20-24-29-33/h19-24,26-29,34-35H,2-18,25,30-31H2,1H3. The summed E-state index contributed by atoms with van der Waals surface area (Å²) in [5, 5.41) is 3.74. The highest BCUT2D eigenvalue weighted by Crippen LogP contribution is 2.23. The third-order valence-corrected chi connectivity index (χ3v) is 7.46. The Morgan fingerprint density at radius 3 is 1.17 bits per heavy atom. The Bertz CT molecular complexity index is 641. The smallest absolute Gasteiger partial charge is 0.0214 e. The second kappa shape index (κ2) is 21.7. The molecule has 0 fully saturated rings. The molecule has 2 rings (SSSR count). The lowest BCUT2D eigenvalue weighted by molar-refractivity contribution is 0.520. The summed E-state index contributed by atoms with van der Waals surface area (Å²) < 4.78 is 0. The third kappa shape index (κ3) is 15.2. The molecule has 0 bridgehead atoms. The second-order valence-electron chi connectivity index (χ2n) is 10.6. The summed E-state index contributed by atoms with van der Waals surface area (Å²) >= 11 is 0. The van der Waals surface area contributed by atoms with Crippen LogP contribution in [0, 0.1) is 0 Å². The predicted octanol–water partition coefficient (Wildman–Crippen LogP) is 10.4. The van der Waals surface area contributed by atoms with E-state index in [-0.39, 0.29) is 0 Å². The molecule has 1 nitrogen and oxygen atoms in total. The highest BCUT2D eigenvalue weighted by Gasteiger charge is 2.12. The molecule has 0 aliphatic heterocycles. The van der Waals surface area contributed by atoms with Crippen LogP contribution in [-0.4, -0.2) is 13.1 Å². The van der Waals surface area contributed by atoms with Crippen LogP contribution in [0.1, 0.15) is 140 Å². The third-order valence-electron chi connectivity index (χ3n) is 7.46. The van der Waals surface area contributed by atoms with Gasteiger partial charge in [-0.2, -0.15) is 0 Å². The molecule has 0 heterocycles. The van der Waals surface area contributed by atoms with Gasteiger partial charge in [-0.15, -0.1) is 0 Å². The summed E-state index contributed by atoms with van der Waals surface area (Å²) in [7, 11) is 0. The van der Waals surface area contributed by atoms with E-state index in [1.807, 2.05) is 0 Å². The van der Waals surface area contributed by atoms with Gasteiger partial charge >= 0.3 is 0 Å². The fraction of sp³-hybridized carbons (Fsp3) is 0.647. The van der Waals surface area contributed by atoms with Crippen LogP contribution in [0.25, 0.3) is 0 Å². The van der Waals surface area contributed by atoms with Crippen molar-refractivity contribution in [3.8, 4) is 0 Å². The zero-order valence-corrected chi connectivity index (χ0v) is 23.0. The van der Waals surface area contributed by atoms with Crippen LogP contribution in [0.3, 0.4) is 0 Å². The number of nitrogens with one attached hydrogen (secondary N) is 1. The second-order valence-corrected chi connectivity index (χ2v) is 10.6. The van der Waals surface area contributed by atoms with E-state index in [0.29, 0.717) is 5.92 Å². The predicted molar refractivity (Wildman–Crippen MR) is 156 cm³/mol. The van der Waals surface area contributed by atoms with Crippen LogP contribution in [0.2, 0.25) is 0 Å². The van der Waals surface area contributed by atoms with Gasteiger partial charge in [-0.25, -0.2) is 0 Å². The van der Waals surface area contributed by atoms with Crippen molar-refractivity contribution < 1.29 is 0 Å². The first-order valence-corrected chi connectivity index (χ1v) is 15.2. The lowest BCUT2D eigenvalue weighted by atomic mass is 9.91. The van der Waals surface area contributed by atoms with Crippen molar-refractivity contribution in [3.63, 3.8) is 0 Å². The molecule has 2 aromatic carbocycles. The maximum Gasteiger partial charge on any atom is 0.0214 e. The lowest BCUT2D eigenvalue weighted by Crippen LogP contribution is -2.23. The Kier molecular flexibility index (Phi) is 18.3. The van der Waals surface area contributed by atoms with Crippen LogP contribution in [0.15, 0.2) is 60.7 Å². The summed E-state index contributed by atoms with van der Waals surface area (Å²) in [4.78, 5) is 0. The average molecular weight is 478 g/mol. The first-order chi connectivity index (χ1) is 17.4. The molecule has 0 aliphatic carbocycles. The number of benzene rings is 2. The minimum atomic E-state index is 0.438. The number of hydrogen-bond acceptors (Lipinski definition) is 1. The molecule has 35 heavy (non-hydrogen) atoms. The Balaban J connectivity index is 1.37. The largest absolute Gasteiger partial charge is 0.316 e. The van der Waals surface area contributed by atoms with Crippen LogP contribution < -0.4 is 5.32 Å². The van der Waals surface area contributed by atoms with E-state index in [4.69, 9.17) is 0 Å². The molecule has 0 unspecified atom stereocenters. The van der Waals surface area contributed by atoms with Gasteiger partial charge in [-0.3, -0.25) is 0 Å². The van der Waals surface area contributed by atoms with E-state index < -0.39 is 0 Å². The van der Waals surface area contributed by atoms with Gasteiger partial charge in [0.1, 0.15) is 0 Å². The normalized spacial score (nSPS) is 11.4. The highest BCUT2D eigenvalue weighted by atomic mass is 14.9. The Morgan fingerprint density at radius 2 is 0.800 bits per heavy atom. The Morgan fingerprint density at radius 1 is 0.457 bits per heavy atom. The molecule has 1 heteroatoms. The van der Waals surface area contributed by atoms with Crippen LogP contribution in [0.5, 0.6) is 0 Å². The minimum absolute atomic E-state index is 0.438. The zero-order chi connectivity index (χ0) is 24.7. The van der Waals surface area contributed by atoms with Gasteiger partial charge in [0.05, 0.1) is 0 Å². The van der Waals surface area contributed by atoms with Crippen LogP contribution in [0.4, 0.5) is 0 Å². The fourth-order valence-electron chi connectivity index (χ4n) is 5.20. The molecule has 0 aromatic heterocycles. The van der Waals surface area contributed by atoms with E-state index >= 15 is 0 Å². The van der Waals surface area contributed by atoms with E-state index in [2.05, 4.69) is 72.9 Å². The van der Waals surface area contributed by atoms with Gasteiger partial charge in [0, 0.05) is 12.5 Å². The molecular weight excluding hydrogens is 422 g/mol. The van der Waals surface area contributed by atoms with Gasteiger partial charge in [-0.1, -0.05) is 177 Å². The van der Waals surface area contributed by atoms with Crippen molar-refractivity contribution in [2.45, 2.75) is 128 Å². The molecule has 0 saturated carbocycles. The molecule has 196 valence electrons. The van der Waals surface area contributed by atoms with Gasteiger partial charge in [-0.05, 0) is 24.1 Å². The summed E-state index contributed by atoms with van der Waals surface area (Å²) in [5.74, 6) is 0.438. The number of hydrogen-bond donors (Lipinski definition) is 1. The molecule has 1 N–H and O–H groups in total. The summed E-state index contributed by atoms with van der Waals surface area (Å²) in [5.41, 5.74) is 2.81. The molecule has 0 radical (unpaired) electrons. The quantitative estimate of drug-likeness (QED) is 0.157. The molecule has 0 atom stereocenters. The van der Waals surface area contributed by atoms with Crippen molar-refractivity contribution in [3.05, 3.63) is 71.8 Å². The molecular formula is C34H55N. The van der Waals surface area contributed by atoms with E-state index in [1.54, 1.807) is 0 Å². The van der Waals surface area contributed by atoms with E-state index in [9.17, 15) is 0 Å². The number of unbranched alkanes of at least 4 members (excludes halogenated alkanes) is 17. The van der Waals surface area contributed by atoms with Gasteiger partial charge < -0.3 is 5.32 Å². The topological polar surface area (TPSA) is 12.0 Å².